The van der Waals surface area contributed by atoms with E-state index in [4.69, 9.17) is 33.0 Å². The number of imidazole rings is 1. The second kappa shape index (κ2) is 11.3. The zero-order valence-corrected chi connectivity index (χ0v) is 24.6. The van der Waals surface area contributed by atoms with Crippen LogP contribution in [0.1, 0.15) is 30.3 Å². The van der Waals surface area contributed by atoms with Gasteiger partial charge in [0.2, 0.25) is 0 Å². The monoisotopic (exact) mass is 625 g/mol. The fraction of sp³-hybridized carbons (Fsp3) is 0.310. The molecular weight excluding hydrogens is 600 g/mol. The van der Waals surface area contributed by atoms with Crippen molar-refractivity contribution in [2.45, 2.75) is 44.1 Å². The molecule has 0 spiro atoms. The minimum Gasteiger partial charge on any atom is -0.490 e. The fourth-order valence-electron chi connectivity index (χ4n) is 5.63. The van der Waals surface area contributed by atoms with Gasteiger partial charge in [-0.1, -0.05) is 35.3 Å². The van der Waals surface area contributed by atoms with E-state index in [0.717, 1.165) is 37.2 Å². The minimum atomic E-state index is -1.04. The number of benzene rings is 2. The third-order valence-electron chi connectivity index (χ3n) is 7.68. The predicted molar refractivity (Wildman–Crippen MR) is 161 cm³/mol. The van der Waals surface area contributed by atoms with Crippen LogP contribution < -0.4 is 15.4 Å². The largest absolute Gasteiger partial charge is 0.490 e. The van der Waals surface area contributed by atoms with E-state index < -0.39 is 18.1 Å². The Morgan fingerprint density at radius 2 is 2.00 bits per heavy atom. The number of alkyl halides is 1. The number of rotatable bonds is 7. The van der Waals surface area contributed by atoms with Crippen molar-refractivity contribution in [3.05, 3.63) is 75.9 Å². The lowest BCUT2D eigenvalue weighted by Crippen LogP contribution is -2.34. The van der Waals surface area contributed by atoms with Gasteiger partial charge in [-0.05, 0) is 49.7 Å². The summed E-state index contributed by atoms with van der Waals surface area (Å²) in [6.07, 6.45) is 6.12. The normalized spacial score (nSPS) is 17.8. The summed E-state index contributed by atoms with van der Waals surface area (Å²) in [5.74, 6) is 0.397. The standard InChI is InChI=1S/C29H26Cl2FN7O2S/c30-22-12-20(16-1-3-18(4-2-16)41-19-5-7-33-8-6-19)24(31)25-21(22)14-39(37-25)27(28(40)36-29-34-9-10-42-29)26-23-11-17(32)13-38(23)15-35-26/h1-4,9-10,12,14-15,17,19,27,33H,5-8,11,13H2,(H,34,36,40)/t17-,27?/m1/s1. The number of halogens is 3. The number of amides is 1. The Bertz CT molecular complexity index is 1750. The van der Waals surface area contributed by atoms with Gasteiger partial charge in [-0.3, -0.25) is 14.8 Å². The highest BCUT2D eigenvalue weighted by molar-refractivity contribution is 7.13. The van der Waals surface area contributed by atoms with Gasteiger partial charge in [0.1, 0.15) is 23.5 Å². The Morgan fingerprint density at radius 3 is 2.76 bits per heavy atom. The van der Waals surface area contributed by atoms with Crippen LogP contribution in [0.5, 0.6) is 5.75 Å². The summed E-state index contributed by atoms with van der Waals surface area (Å²) in [6.45, 7) is 2.11. The van der Waals surface area contributed by atoms with Gasteiger partial charge in [0.15, 0.2) is 11.2 Å². The van der Waals surface area contributed by atoms with Crippen LogP contribution in [0.15, 0.2) is 54.4 Å². The molecule has 2 atom stereocenters. The van der Waals surface area contributed by atoms with E-state index in [0.29, 0.717) is 43.0 Å². The van der Waals surface area contributed by atoms with Crippen LogP contribution in [0.2, 0.25) is 10.0 Å². The number of hydrogen-bond donors (Lipinski definition) is 2. The molecule has 0 saturated carbocycles. The summed E-state index contributed by atoms with van der Waals surface area (Å²) in [6, 6.07) is 8.56. The molecular formula is C29H26Cl2FN7O2S. The quantitative estimate of drug-likeness (QED) is 0.233. The number of thiazole rings is 1. The highest BCUT2D eigenvalue weighted by atomic mass is 35.5. The molecule has 1 amide bonds. The third kappa shape index (κ3) is 5.15. The van der Waals surface area contributed by atoms with Crippen molar-refractivity contribution in [1.82, 2.24) is 29.6 Å². The maximum atomic E-state index is 14.3. The Hall–Kier alpha value is -3.51. The number of nitrogens with zero attached hydrogens (tertiary/aromatic N) is 5. The molecule has 1 fully saturated rings. The first kappa shape index (κ1) is 27.3. The van der Waals surface area contributed by atoms with Crippen molar-refractivity contribution >= 4 is 56.5 Å². The Kier molecular flexibility index (Phi) is 7.35. The summed E-state index contributed by atoms with van der Waals surface area (Å²) in [5, 5.41) is 14.6. The molecule has 216 valence electrons. The SMILES string of the molecule is O=C(Nc1nccs1)C(c1ncn2c1C[C@@H](F)C2)n1cc2c(Cl)cc(-c3ccc(OC4CCNCC4)cc3)c(Cl)c2n1. The van der Waals surface area contributed by atoms with Gasteiger partial charge in [-0.25, -0.2) is 14.4 Å². The molecule has 2 aliphatic rings. The summed E-state index contributed by atoms with van der Waals surface area (Å²) in [5.41, 5.74) is 3.09. The Morgan fingerprint density at radius 1 is 1.19 bits per heavy atom. The molecule has 42 heavy (non-hydrogen) atoms. The first-order chi connectivity index (χ1) is 20.4. The molecule has 5 heterocycles. The summed E-state index contributed by atoms with van der Waals surface area (Å²) < 4.78 is 23.7. The van der Waals surface area contributed by atoms with Crippen molar-refractivity contribution in [2.24, 2.45) is 0 Å². The number of carbonyl (C=O) groups excluding carboxylic acids is 1. The van der Waals surface area contributed by atoms with Gasteiger partial charge >= 0.3 is 0 Å². The van der Waals surface area contributed by atoms with Crippen molar-refractivity contribution in [2.75, 3.05) is 18.4 Å². The van der Waals surface area contributed by atoms with Gasteiger partial charge in [0.25, 0.3) is 5.91 Å². The van der Waals surface area contributed by atoms with Crippen LogP contribution in [0.4, 0.5) is 9.52 Å². The number of anilines is 1. The molecule has 2 aromatic carbocycles. The molecule has 2 N–H and O–H groups in total. The molecule has 0 bridgehead atoms. The topological polar surface area (TPSA) is 98.9 Å². The van der Waals surface area contributed by atoms with Crippen LogP contribution in [-0.4, -0.2) is 55.6 Å². The minimum absolute atomic E-state index is 0.167. The average Bonchev–Trinajstić information content (AvgIpc) is 3.79. The van der Waals surface area contributed by atoms with E-state index in [9.17, 15) is 9.18 Å². The molecule has 0 radical (unpaired) electrons. The maximum Gasteiger partial charge on any atom is 0.257 e. The van der Waals surface area contributed by atoms with E-state index in [-0.39, 0.29) is 19.1 Å². The smallest absolute Gasteiger partial charge is 0.257 e. The van der Waals surface area contributed by atoms with E-state index in [2.05, 4.69) is 20.6 Å². The average molecular weight is 627 g/mol. The number of carbonyl (C=O) groups is 1. The predicted octanol–water partition coefficient (Wildman–Crippen LogP) is 5.92. The molecule has 5 aromatic rings. The van der Waals surface area contributed by atoms with Gasteiger partial charge in [0.05, 0.1) is 28.6 Å². The van der Waals surface area contributed by atoms with Crippen molar-refractivity contribution in [3.63, 3.8) is 0 Å². The molecule has 1 unspecified atom stereocenters. The van der Waals surface area contributed by atoms with E-state index in [1.165, 1.54) is 16.0 Å². The first-order valence-corrected chi connectivity index (χ1v) is 15.3. The number of ether oxygens (including phenoxy) is 1. The maximum absolute atomic E-state index is 14.3. The summed E-state index contributed by atoms with van der Waals surface area (Å²) in [4.78, 5) is 22.3. The van der Waals surface area contributed by atoms with Crippen LogP contribution >= 0.6 is 34.5 Å². The highest BCUT2D eigenvalue weighted by Crippen LogP contribution is 2.40. The lowest BCUT2D eigenvalue weighted by molar-refractivity contribution is -0.118. The second-order valence-electron chi connectivity index (χ2n) is 10.4. The van der Waals surface area contributed by atoms with Crippen LogP contribution in [-0.2, 0) is 17.8 Å². The highest BCUT2D eigenvalue weighted by Gasteiger charge is 2.34. The number of nitrogens with one attached hydrogen (secondary N) is 2. The number of fused-ring (bicyclic) bond motifs is 2. The first-order valence-electron chi connectivity index (χ1n) is 13.7. The molecule has 2 aliphatic heterocycles. The van der Waals surface area contributed by atoms with Gasteiger partial charge in [0, 0.05) is 40.8 Å². The molecule has 7 rings (SSSR count). The van der Waals surface area contributed by atoms with Gasteiger partial charge < -0.3 is 14.6 Å². The number of piperidine rings is 1. The van der Waals surface area contributed by atoms with E-state index in [1.807, 2.05) is 24.3 Å². The van der Waals surface area contributed by atoms with Gasteiger partial charge in [-0.15, -0.1) is 11.3 Å². The second-order valence-corrected chi connectivity index (χ2v) is 12.1. The Labute approximate surface area is 254 Å². The zero-order chi connectivity index (χ0) is 28.8. The van der Waals surface area contributed by atoms with Gasteiger partial charge in [-0.2, -0.15) is 5.10 Å². The van der Waals surface area contributed by atoms with Crippen molar-refractivity contribution in [3.8, 4) is 16.9 Å². The van der Waals surface area contributed by atoms with Crippen molar-refractivity contribution < 1.29 is 13.9 Å². The molecule has 0 aliphatic carbocycles. The van der Waals surface area contributed by atoms with E-state index >= 15 is 0 Å². The van der Waals surface area contributed by atoms with Crippen molar-refractivity contribution in [1.29, 1.82) is 0 Å². The Balaban J connectivity index is 1.25. The summed E-state index contributed by atoms with van der Waals surface area (Å²) >= 11 is 15.0. The lowest BCUT2D eigenvalue weighted by Gasteiger charge is -2.23. The van der Waals surface area contributed by atoms with Crippen LogP contribution in [0.3, 0.4) is 0 Å². The zero-order valence-electron chi connectivity index (χ0n) is 22.3. The fourth-order valence-corrected chi connectivity index (χ4v) is 6.71. The molecule has 1 saturated heterocycles. The van der Waals surface area contributed by atoms with Crippen LogP contribution in [0, 0.1) is 0 Å². The third-order valence-corrected chi connectivity index (χ3v) is 9.07. The molecule has 9 nitrogen and oxygen atoms in total. The molecule has 3 aromatic heterocycles. The van der Waals surface area contributed by atoms with Crippen LogP contribution in [0.25, 0.3) is 22.0 Å². The summed E-state index contributed by atoms with van der Waals surface area (Å²) in [7, 11) is 0. The number of hydrogen-bond acceptors (Lipinski definition) is 7. The van der Waals surface area contributed by atoms with E-state index in [1.54, 1.807) is 34.7 Å². The number of aromatic nitrogens is 5. The lowest BCUT2D eigenvalue weighted by atomic mass is 10.0. The molecule has 13 heteroatoms.